The maximum absolute atomic E-state index is 11.0. The van der Waals surface area contributed by atoms with E-state index in [-0.39, 0.29) is 5.91 Å². The summed E-state index contributed by atoms with van der Waals surface area (Å²) in [6, 6.07) is 5.24. The highest BCUT2D eigenvalue weighted by Gasteiger charge is 2.16. The number of nitrogens with one attached hydrogen (secondary N) is 1. The Morgan fingerprint density at radius 1 is 1.39 bits per heavy atom. The standard InChI is InChI=1S/C11H9Cl2N3OS/c1-6(7-2-3-8(12)9(13)4-7)15-16-11-14-10(17)5-18-11/h2-4H,5H2,1H3,(H,14,16,17)/b15-6+. The molecule has 0 bridgehead atoms. The van der Waals surface area contributed by atoms with E-state index >= 15 is 0 Å². The SMILES string of the molecule is C/C(=N\N=C1/NC(=O)CS1)c1ccc(Cl)c(Cl)c1. The first kappa shape index (κ1) is 13.4. The summed E-state index contributed by atoms with van der Waals surface area (Å²) in [4.78, 5) is 11.0. The van der Waals surface area contributed by atoms with Crippen molar-refractivity contribution in [2.75, 3.05) is 5.75 Å². The summed E-state index contributed by atoms with van der Waals surface area (Å²) in [6.07, 6.45) is 0. The first-order chi connectivity index (χ1) is 8.56. The lowest BCUT2D eigenvalue weighted by Gasteiger charge is -2.01. The molecule has 0 unspecified atom stereocenters. The average Bonchev–Trinajstić information content (AvgIpc) is 2.75. The molecular weight excluding hydrogens is 293 g/mol. The summed E-state index contributed by atoms with van der Waals surface area (Å²) < 4.78 is 0. The maximum atomic E-state index is 11.0. The van der Waals surface area contributed by atoms with Crippen LogP contribution in [0.2, 0.25) is 10.0 Å². The van der Waals surface area contributed by atoms with Crippen LogP contribution in [0.1, 0.15) is 12.5 Å². The number of carbonyl (C=O) groups is 1. The lowest BCUT2D eigenvalue weighted by molar-refractivity contribution is -0.116. The third kappa shape index (κ3) is 3.25. The van der Waals surface area contributed by atoms with Gasteiger partial charge in [-0.25, -0.2) is 0 Å². The van der Waals surface area contributed by atoms with Crippen LogP contribution in [0, 0.1) is 0 Å². The highest BCUT2D eigenvalue weighted by Crippen LogP contribution is 2.23. The molecule has 0 atom stereocenters. The Morgan fingerprint density at radius 3 is 2.78 bits per heavy atom. The minimum absolute atomic E-state index is 0.0545. The lowest BCUT2D eigenvalue weighted by atomic mass is 10.1. The van der Waals surface area contributed by atoms with E-state index in [4.69, 9.17) is 23.2 Å². The molecule has 1 aliphatic heterocycles. The largest absolute Gasteiger partial charge is 0.303 e. The number of hydrogen-bond donors (Lipinski definition) is 1. The molecule has 0 saturated carbocycles. The van der Waals surface area contributed by atoms with Crippen LogP contribution in [0.5, 0.6) is 0 Å². The summed E-state index contributed by atoms with van der Waals surface area (Å²) >= 11 is 13.1. The second-order valence-electron chi connectivity index (χ2n) is 3.56. The molecular formula is C11H9Cl2N3OS. The molecule has 18 heavy (non-hydrogen) atoms. The van der Waals surface area contributed by atoms with Crippen LogP contribution < -0.4 is 5.32 Å². The van der Waals surface area contributed by atoms with Crippen LogP contribution >= 0.6 is 35.0 Å². The Labute approximate surface area is 118 Å². The van der Waals surface area contributed by atoms with E-state index in [1.165, 1.54) is 11.8 Å². The molecule has 1 aromatic carbocycles. The van der Waals surface area contributed by atoms with Crippen molar-refractivity contribution in [1.29, 1.82) is 0 Å². The maximum Gasteiger partial charge on any atom is 0.236 e. The predicted octanol–water partition coefficient (Wildman–Crippen LogP) is 2.94. The van der Waals surface area contributed by atoms with E-state index < -0.39 is 0 Å². The zero-order valence-corrected chi connectivity index (χ0v) is 11.7. The van der Waals surface area contributed by atoms with E-state index in [2.05, 4.69) is 15.5 Å². The number of amidine groups is 1. The first-order valence-corrected chi connectivity index (χ1v) is 6.81. The molecule has 0 spiro atoms. The molecule has 2 rings (SSSR count). The summed E-state index contributed by atoms with van der Waals surface area (Å²) in [5.74, 6) is 0.335. The van der Waals surface area contributed by atoms with Crippen LogP contribution in [0.3, 0.4) is 0 Å². The number of thioether (sulfide) groups is 1. The van der Waals surface area contributed by atoms with Gasteiger partial charge in [0, 0.05) is 0 Å². The third-order valence-corrected chi connectivity index (χ3v) is 3.82. The molecule has 1 aromatic rings. The van der Waals surface area contributed by atoms with E-state index in [9.17, 15) is 4.79 Å². The quantitative estimate of drug-likeness (QED) is 0.674. The van der Waals surface area contributed by atoms with Gasteiger partial charge in [-0.05, 0) is 24.6 Å². The van der Waals surface area contributed by atoms with Crippen molar-refractivity contribution in [3.63, 3.8) is 0 Å². The number of carbonyl (C=O) groups excluding carboxylic acids is 1. The summed E-state index contributed by atoms with van der Waals surface area (Å²) in [6.45, 7) is 1.81. The monoisotopic (exact) mass is 301 g/mol. The molecule has 1 aliphatic rings. The summed E-state index contributed by atoms with van der Waals surface area (Å²) in [5.41, 5.74) is 1.53. The number of benzene rings is 1. The van der Waals surface area contributed by atoms with E-state index in [0.29, 0.717) is 26.7 Å². The zero-order chi connectivity index (χ0) is 13.1. The summed E-state index contributed by atoms with van der Waals surface area (Å²) in [5, 5.41) is 12.1. The molecule has 1 N–H and O–H groups in total. The highest BCUT2D eigenvalue weighted by molar-refractivity contribution is 8.15. The van der Waals surface area contributed by atoms with Gasteiger partial charge in [0.25, 0.3) is 0 Å². The molecule has 1 heterocycles. The second-order valence-corrected chi connectivity index (χ2v) is 5.33. The van der Waals surface area contributed by atoms with Crippen LogP contribution in [-0.2, 0) is 4.79 Å². The lowest BCUT2D eigenvalue weighted by Crippen LogP contribution is -2.19. The Kier molecular flexibility index (Phi) is 4.27. The van der Waals surface area contributed by atoms with Gasteiger partial charge in [-0.2, -0.15) is 5.10 Å². The number of rotatable bonds is 2. The fourth-order valence-corrected chi connectivity index (χ4v) is 2.20. The third-order valence-electron chi connectivity index (χ3n) is 2.21. The smallest absolute Gasteiger partial charge is 0.236 e. The summed E-state index contributed by atoms with van der Waals surface area (Å²) in [7, 11) is 0. The van der Waals surface area contributed by atoms with Crippen molar-refractivity contribution in [3.8, 4) is 0 Å². The number of hydrogen-bond acceptors (Lipinski definition) is 4. The van der Waals surface area contributed by atoms with Gasteiger partial charge in [0.2, 0.25) is 5.91 Å². The molecule has 94 valence electrons. The van der Waals surface area contributed by atoms with Crippen molar-refractivity contribution in [1.82, 2.24) is 5.32 Å². The number of nitrogens with zero attached hydrogens (tertiary/aromatic N) is 2. The highest BCUT2D eigenvalue weighted by atomic mass is 35.5. The molecule has 1 amide bonds. The van der Waals surface area contributed by atoms with Crippen molar-refractivity contribution < 1.29 is 4.79 Å². The fraction of sp³-hybridized carbons (Fsp3) is 0.182. The second kappa shape index (κ2) is 5.73. The van der Waals surface area contributed by atoms with E-state index in [1.54, 1.807) is 12.1 Å². The van der Waals surface area contributed by atoms with Crippen molar-refractivity contribution in [2.24, 2.45) is 10.2 Å². The van der Waals surface area contributed by atoms with Gasteiger partial charge in [0.15, 0.2) is 5.17 Å². The normalized spacial score (nSPS) is 18.3. The van der Waals surface area contributed by atoms with Crippen LogP contribution in [-0.4, -0.2) is 22.5 Å². The predicted molar refractivity (Wildman–Crippen MR) is 76.7 cm³/mol. The van der Waals surface area contributed by atoms with Crippen LogP contribution in [0.15, 0.2) is 28.4 Å². The number of halogens is 2. The van der Waals surface area contributed by atoms with Crippen molar-refractivity contribution in [2.45, 2.75) is 6.92 Å². The van der Waals surface area contributed by atoms with Gasteiger partial charge in [0.05, 0.1) is 21.5 Å². The van der Waals surface area contributed by atoms with Crippen LogP contribution in [0.4, 0.5) is 0 Å². The Hall–Kier alpha value is -1.04. The van der Waals surface area contributed by atoms with Gasteiger partial charge >= 0.3 is 0 Å². The van der Waals surface area contributed by atoms with Crippen molar-refractivity contribution >= 4 is 51.8 Å². The van der Waals surface area contributed by atoms with Gasteiger partial charge in [-0.1, -0.05) is 41.0 Å². The fourth-order valence-electron chi connectivity index (χ4n) is 1.28. The zero-order valence-electron chi connectivity index (χ0n) is 9.41. The Balaban J connectivity index is 2.17. The van der Waals surface area contributed by atoms with Gasteiger partial charge in [-0.15, -0.1) is 5.10 Å². The number of amides is 1. The van der Waals surface area contributed by atoms with E-state index in [1.807, 2.05) is 13.0 Å². The Morgan fingerprint density at radius 2 is 2.17 bits per heavy atom. The van der Waals surface area contributed by atoms with Gasteiger partial charge in [-0.3, -0.25) is 4.79 Å². The molecule has 1 fully saturated rings. The van der Waals surface area contributed by atoms with Gasteiger partial charge < -0.3 is 5.32 Å². The topological polar surface area (TPSA) is 53.8 Å². The molecule has 7 heteroatoms. The molecule has 0 aliphatic carbocycles. The molecule has 0 radical (unpaired) electrons. The molecule has 1 saturated heterocycles. The van der Waals surface area contributed by atoms with Crippen LogP contribution in [0.25, 0.3) is 0 Å². The Bertz CT molecular complexity index is 557. The first-order valence-electron chi connectivity index (χ1n) is 5.06. The molecule has 0 aromatic heterocycles. The molecule has 4 nitrogen and oxygen atoms in total. The minimum atomic E-state index is -0.0545. The van der Waals surface area contributed by atoms with Gasteiger partial charge in [0.1, 0.15) is 0 Å². The average molecular weight is 302 g/mol. The van der Waals surface area contributed by atoms with Crippen molar-refractivity contribution in [3.05, 3.63) is 33.8 Å². The minimum Gasteiger partial charge on any atom is -0.303 e. The van der Waals surface area contributed by atoms with E-state index in [0.717, 1.165) is 5.56 Å².